The van der Waals surface area contributed by atoms with Crippen LogP contribution in [-0.4, -0.2) is 11.6 Å². The van der Waals surface area contributed by atoms with Gasteiger partial charge in [0.2, 0.25) is 0 Å². The first-order chi connectivity index (χ1) is 8.18. The van der Waals surface area contributed by atoms with Crippen LogP contribution in [0.2, 0.25) is 0 Å². The zero-order valence-corrected chi connectivity index (χ0v) is 10.4. The van der Waals surface area contributed by atoms with Crippen LogP contribution in [0.4, 0.5) is 4.39 Å². The van der Waals surface area contributed by atoms with Gasteiger partial charge in [0.05, 0.1) is 6.61 Å². The van der Waals surface area contributed by atoms with Crippen LogP contribution in [-0.2, 0) is 11.3 Å². The summed E-state index contributed by atoms with van der Waals surface area (Å²) in [5.74, 6) is 0.481. The third-order valence-corrected chi connectivity index (χ3v) is 3.19. The minimum atomic E-state index is -0.355. The molecule has 1 aliphatic carbocycles. The predicted molar refractivity (Wildman–Crippen MR) is 69.3 cm³/mol. The zero-order valence-electron chi connectivity index (χ0n) is 9.62. The van der Waals surface area contributed by atoms with Crippen LogP contribution in [0, 0.1) is 11.7 Å². The van der Waals surface area contributed by atoms with Crippen LogP contribution >= 0.6 is 12.2 Å². The van der Waals surface area contributed by atoms with Gasteiger partial charge in [-0.25, -0.2) is 4.39 Å². The van der Waals surface area contributed by atoms with E-state index in [4.69, 9.17) is 22.7 Å². The van der Waals surface area contributed by atoms with E-state index in [1.54, 1.807) is 18.2 Å². The maximum absolute atomic E-state index is 13.9. The summed E-state index contributed by atoms with van der Waals surface area (Å²) < 4.78 is 19.3. The molecule has 0 spiro atoms. The number of ether oxygens (including phenoxy) is 1. The fraction of sp³-hybridized carbons (Fsp3) is 0.462. The molecule has 0 heterocycles. The smallest absolute Gasteiger partial charge is 0.138 e. The average Bonchev–Trinajstić information content (AvgIpc) is 3.10. The van der Waals surface area contributed by atoms with Crippen molar-refractivity contribution in [3.05, 3.63) is 35.1 Å². The van der Waals surface area contributed by atoms with E-state index in [0.29, 0.717) is 17.7 Å². The van der Waals surface area contributed by atoms with Gasteiger partial charge >= 0.3 is 0 Å². The second kappa shape index (κ2) is 5.56. The van der Waals surface area contributed by atoms with E-state index >= 15 is 0 Å². The first kappa shape index (κ1) is 12.5. The van der Waals surface area contributed by atoms with Crippen molar-refractivity contribution in [1.82, 2.24) is 0 Å². The molecular weight excluding hydrogens is 237 g/mol. The number of nitrogens with two attached hydrogens (primary N) is 1. The molecular formula is C13H16FNOS. The highest BCUT2D eigenvalue weighted by Gasteiger charge is 2.20. The Balaban J connectivity index is 1.90. The minimum Gasteiger partial charge on any atom is -0.389 e. The molecule has 4 heteroatoms. The third-order valence-electron chi connectivity index (χ3n) is 2.97. The van der Waals surface area contributed by atoms with E-state index in [9.17, 15) is 4.39 Å². The summed E-state index contributed by atoms with van der Waals surface area (Å²) in [6.07, 6.45) is 3.71. The standard InChI is InChI=1S/C13H16FNOS/c14-12-10(2-1-3-11(12)13(15)17)8-16-7-6-9-4-5-9/h1-3,9H,4-8H2,(H2,15,17). The second-order valence-electron chi connectivity index (χ2n) is 4.43. The van der Waals surface area contributed by atoms with Crippen LogP contribution in [0.25, 0.3) is 0 Å². The molecule has 2 rings (SSSR count). The van der Waals surface area contributed by atoms with Gasteiger partial charge in [0.1, 0.15) is 10.8 Å². The van der Waals surface area contributed by atoms with E-state index in [-0.39, 0.29) is 17.4 Å². The average molecular weight is 253 g/mol. The number of hydrogen-bond acceptors (Lipinski definition) is 2. The van der Waals surface area contributed by atoms with Crippen molar-refractivity contribution >= 4 is 17.2 Å². The molecule has 2 N–H and O–H groups in total. The normalized spacial score (nSPS) is 14.9. The molecule has 0 unspecified atom stereocenters. The van der Waals surface area contributed by atoms with Crippen LogP contribution in [0.15, 0.2) is 18.2 Å². The predicted octanol–water partition coefficient (Wildman–Crippen LogP) is 2.78. The summed E-state index contributed by atoms with van der Waals surface area (Å²) in [4.78, 5) is 0.0855. The SMILES string of the molecule is NC(=S)c1cccc(COCCC2CC2)c1F. The Labute approximate surface area is 106 Å². The Morgan fingerprint density at radius 1 is 1.47 bits per heavy atom. The largest absolute Gasteiger partial charge is 0.389 e. The summed E-state index contributed by atoms with van der Waals surface area (Å²) in [6.45, 7) is 0.983. The Kier molecular flexibility index (Phi) is 4.07. The highest BCUT2D eigenvalue weighted by molar-refractivity contribution is 7.80. The van der Waals surface area contributed by atoms with E-state index in [1.807, 2.05) is 0 Å². The molecule has 0 radical (unpaired) electrons. The van der Waals surface area contributed by atoms with Crippen molar-refractivity contribution in [3.8, 4) is 0 Å². The van der Waals surface area contributed by atoms with Crippen LogP contribution in [0.1, 0.15) is 30.4 Å². The van der Waals surface area contributed by atoms with Crippen molar-refractivity contribution in [2.24, 2.45) is 11.7 Å². The summed E-state index contributed by atoms with van der Waals surface area (Å²) in [5, 5.41) is 0. The Morgan fingerprint density at radius 2 is 2.24 bits per heavy atom. The lowest BCUT2D eigenvalue weighted by Crippen LogP contribution is -2.13. The molecule has 0 aromatic heterocycles. The molecule has 17 heavy (non-hydrogen) atoms. The molecule has 1 fully saturated rings. The Bertz CT molecular complexity index is 418. The number of hydrogen-bond donors (Lipinski definition) is 1. The highest BCUT2D eigenvalue weighted by Crippen LogP contribution is 2.32. The quantitative estimate of drug-likeness (QED) is 0.625. The zero-order chi connectivity index (χ0) is 12.3. The molecule has 1 aromatic rings. The first-order valence-corrected chi connectivity index (χ1v) is 6.24. The second-order valence-corrected chi connectivity index (χ2v) is 4.87. The van der Waals surface area contributed by atoms with Crippen molar-refractivity contribution in [1.29, 1.82) is 0 Å². The number of halogens is 1. The molecule has 0 bridgehead atoms. The van der Waals surface area contributed by atoms with Gasteiger partial charge in [0.15, 0.2) is 0 Å². The summed E-state index contributed by atoms with van der Waals surface area (Å²) in [6, 6.07) is 5.04. The van der Waals surface area contributed by atoms with E-state index in [0.717, 1.165) is 12.3 Å². The highest BCUT2D eigenvalue weighted by atomic mass is 32.1. The van der Waals surface area contributed by atoms with Gasteiger partial charge in [-0.15, -0.1) is 0 Å². The van der Waals surface area contributed by atoms with Crippen LogP contribution in [0.3, 0.4) is 0 Å². The molecule has 0 saturated heterocycles. The van der Waals surface area contributed by atoms with Crippen molar-refractivity contribution in [2.45, 2.75) is 25.9 Å². The lowest BCUT2D eigenvalue weighted by Gasteiger charge is -2.08. The molecule has 1 aromatic carbocycles. The molecule has 92 valence electrons. The monoisotopic (exact) mass is 253 g/mol. The Morgan fingerprint density at radius 3 is 2.88 bits per heavy atom. The van der Waals surface area contributed by atoms with Crippen molar-refractivity contribution in [2.75, 3.05) is 6.61 Å². The molecule has 0 atom stereocenters. The van der Waals surface area contributed by atoms with Gasteiger partial charge in [0, 0.05) is 17.7 Å². The van der Waals surface area contributed by atoms with Gasteiger partial charge in [-0.05, 0) is 18.4 Å². The summed E-state index contributed by atoms with van der Waals surface area (Å²) in [7, 11) is 0. The molecule has 1 saturated carbocycles. The molecule has 0 amide bonds. The third kappa shape index (κ3) is 3.48. The number of thiocarbonyl (C=S) groups is 1. The van der Waals surface area contributed by atoms with Crippen LogP contribution in [0.5, 0.6) is 0 Å². The number of benzene rings is 1. The van der Waals surface area contributed by atoms with E-state index in [1.165, 1.54) is 12.8 Å². The fourth-order valence-electron chi connectivity index (χ4n) is 1.72. The van der Waals surface area contributed by atoms with Crippen molar-refractivity contribution in [3.63, 3.8) is 0 Å². The first-order valence-electron chi connectivity index (χ1n) is 5.83. The van der Waals surface area contributed by atoms with Gasteiger partial charge in [-0.1, -0.05) is 37.2 Å². The van der Waals surface area contributed by atoms with Gasteiger partial charge in [-0.3, -0.25) is 0 Å². The van der Waals surface area contributed by atoms with Crippen molar-refractivity contribution < 1.29 is 9.13 Å². The molecule has 1 aliphatic rings. The van der Waals surface area contributed by atoms with Gasteiger partial charge < -0.3 is 10.5 Å². The maximum atomic E-state index is 13.9. The van der Waals surface area contributed by atoms with E-state index < -0.39 is 0 Å². The summed E-state index contributed by atoms with van der Waals surface area (Å²) in [5.41, 5.74) is 6.25. The topological polar surface area (TPSA) is 35.2 Å². The maximum Gasteiger partial charge on any atom is 0.138 e. The van der Waals surface area contributed by atoms with Gasteiger partial charge in [-0.2, -0.15) is 0 Å². The Hall–Kier alpha value is -1.00. The number of rotatable bonds is 6. The lowest BCUT2D eigenvalue weighted by atomic mass is 10.1. The minimum absolute atomic E-state index is 0.0855. The molecule has 0 aliphatic heterocycles. The van der Waals surface area contributed by atoms with E-state index in [2.05, 4.69) is 0 Å². The fourth-order valence-corrected chi connectivity index (χ4v) is 1.88. The lowest BCUT2D eigenvalue weighted by molar-refractivity contribution is 0.113. The summed E-state index contributed by atoms with van der Waals surface area (Å²) >= 11 is 4.78. The molecule has 2 nitrogen and oxygen atoms in total. The van der Waals surface area contributed by atoms with Crippen LogP contribution < -0.4 is 5.73 Å². The van der Waals surface area contributed by atoms with Gasteiger partial charge in [0.25, 0.3) is 0 Å².